The van der Waals surface area contributed by atoms with E-state index in [1.807, 2.05) is 6.07 Å². The van der Waals surface area contributed by atoms with Crippen molar-refractivity contribution < 1.29 is 4.79 Å². The van der Waals surface area contributed by atoms with Crippen molar-refractivity contribution in [3.05, 3.63) is 22.3 Å². The third kappa shape index (κ3) is 2.00. The first-order valence-electron chi connectivity index (χ1n) is 4.66. The van der Waals surface area contributed by atoms with E-state index in [-0.39, 0.29) is 5.91 Å². The van der Waals surface area contributed by atoms with Crippen LogP contribution in [0.5, 0.6) is 0 Å². The Bertz CT molecular complexity index is 607. The number of hydrogen-bond acceptors (Lipinski definition) is 6. The summed E-state index contributed by atoms with van der Waals surface area (Å²) in [5, 5.41) is 19.1. The van der Waals surface area contributed by atoms with Gasteiger partial charge in [0, 0.05) is 7.05 Å². The highest BCUT2D eigenvalue weighted by atomic mass is 32.1. The van der Waals surface area contributed by atoms with Crippen LogP contribution in [-0.2, 0) is 7.05 Å². The molecule has 86 valence electrons. The molecule has 0 aromatic carbocycles. The first-order valence-corrected chi connectivity index (χ1v) is 5.43. The fraction of sp³-hybridized carbons (Fsp3) is 0.222. The molecule has 0 radical (unpaired) electrons. The summed E-state index contributed by atoms with van der Waals surface area (Å²) in [5.74, 6) is 0.0305. The van der Waals surface area contributed by atoms with Gasteiger partial charge in [-0.15, -0.1) is 5.10 Å². The van der Waals surface area contributed by atoms with Crippen LogP contribution in [-0.4, -0.2) is 25.3 Å². The number of aryl methyl sites for hydroxylation is 2. The van der Waals surface area contributed by atoms with Crippen LogP contribution in [0, 0.1) is 18.3 Å². The number of rotatable bonds is 2. The maximum Gasteiger partial charge on any atom is 0.270 e. The van der Waals surface area contributed by atoms with Crippen molar-refractivity contribution in [3.63, 3.8) is 0 Å². The Kier molecular flexibility index (Phi) is 2.84. The second-order valence-corrected chi connectivity index (χ2v) is 4.04. The predicted molar refractivity (Wildman–Crippen MR) is 60.5 cm³/mol. The zero-order valence-electron chi connectivity index (χ0n) is 9.13. The Morgan fingerprint density at radius 3 is 3.00 bits per heavy atom. The number of aromatic nitrogens is 4. The molecule has 2 rings (SSSR count). The van der Waals surface area contributed by atoms with E-state index < -0.39 is 0 Å². The Hall–Kier alpha value is -2.27. The highest BCUT2D eigenvalue weighted by Gasteiger charge is 2.17. The molecule has 0 aliphatic carbocycles. The minimum absolute atomic E-state index is 0.316. The molecule has 17 heavy (non-hydrogen) atoms. The van der Waals surface area contributed by atoms with Gasteiger partial charge in [-0.25, -0.2) is 0 Å². The van der Waals surface area contributed by atoms with Gasteiger partial charge in [0.2, 0.25) is 0 Å². The van der Waals surface area contributed by atoms with Crippen LogP contribution < -0.4 is 5.32 Å². The molecule has 2 aromatic heterocycles. The number of carbonyl (C=O) groups is 1. The summed E-state index contributed by atoms with van der Waals surface area (Å²) in [4.78, 5) is 12.3. The van der Waals surface area contributed by atoms with Gasteiger partial charge in [-0.1, -0.05) is 4.49 Å². The van der Waals surface area contributed by atoms with Gasteiger partial charge in [0.25, 0.3) is 5.91 Å². The van der Waals surface area contributed by atoms with Crippen molar-refractivity contribution in [3.8, 4) is 6.07 Å². The van der Waals surface area contributed by atoms with Gasteiger partial charge in [-0.3, -0.25) is 9.48 Å². The summed E-state index contributed by atoms with van der Waals surface area (Å²) in [6.07, 6.45) is 1.40. The molecule has 8 heteroatoms. The Morgan fingerprint density at radius 2 is 2.41 bits per heavy atom. The summed E-state index contributed by atoms with van der Waals surface area (Å²) >= 11 is 1.01. The van der Waals surface area contributed by atoms with Crippen molar-refractivity contribution in [2.45, 2.75) is 6.92 Å². The van der Waals surface area contributed by atoms with Gasteiger partial charge in [0.1, 0.15) is 22.3 Å². The van der Waals surface area contributed by atoms with Crippen LogP contribution in [0.15, 0.2) is 6.20 Å². The summed E-state index contributed by atoms with van der Waals surface area (Å²) in [7, 11) is 1.65. The average Bonchev–Trinajstić information content (AvgIpc) is 2.87. The number of nitrogens with one attached hydrogen (secondary N) is 1. The van der Waals surface area contributed by atoms with Crippen LogP contribution in [0.3, 0.4) is 0 Å². The molecule has 2 aromatic rings. The van der Waals surface area contributed by atoms with Crippen molar-refractivity contribution >= 4 is 23.3 Å². The molecule has 0 unspecified atom stereocenters. The molecule has 0 spiro atoms. The van der Waals surface area contributed by atoms with Crippen molar-refractivity contribution in [1.82, 2.24) is 19.4 Å². The average molecular weight is 248 g/mol. The third-order valence-electron chi connectivity index (χ3n) is 2.15. The Morgan fingerprint density at radius 1 is 1.65 bits per heavy atom. The highest BCUT2D eigenvalue weighted by molar-refractivity contribution is 7.08. The van der Waals surface area contributed by atoms with Crippen LogP contribution in [0.2, 0.25) is 0 Å². The van der Waals surface area contributed by atoms with Crippen LogP contribution >= 0.6 is 11.5 Å². The van der Waals surface area contributed by atoms with E-state index in [1.54, 1.807) is 14.0 Å². The zero-order chi connectivity index (χ0) is 12.4. The fourth-order valence-electron chi connectivity index (χ4n) is 1.27. The SMILES string of the molecule is Cc1nnsc1C(=O)Nc1c(C#N)cnn1C. The highest BCUT2D eigenvalue weighted by Crippen LogP contribution is 2.16. The molecule has 0 atom stereocenters. The number of amides is 1. The minimum Gasteiger partial charge on any atom is -0.305 e. The normalized spacial score (nSPS) is 9.94. The first-order chi connectivity index (χ1) is 8.13. The molecule has 7 nitrogen and oxygen atoms in total. The minimum atomic E-state index is -0.336. The molecule has 1 N–H and O–H groups in total. The van der Waals surface area contributed by atoms with Gasteiger partial charge in [-0.05, 0) is 18.5 Å². The van der Waals surface area contributed by atoms with E-state index >= 15 is 0 Å². The van der Waals surface area contributed by atoms with Crippen LogP contribution in [0.1, 0.15) is 20.9 Å². The lowest BCUT2D eigenvalue weighted by atomic mass is 10.3. The van der Waals surface area contributed by atoms with E-state index in [0.29, 0.717) is 22.0 Å². The quantitative estimate of drug-likeness (QED) is 0.844. The lowest BCUT2D eigenvalue weighted by Crippen LogP contribution is -2.15. The van der Waals surface area contributed by atoms with Gasteiger partial charge in [-0.2, -0.15) is 10.4 Å². The van der Waals surface area contributed by atoms with Crippen LogP contribution in [0.25, 0.3) is 0 Å². The molecule has 0 bridgehead atoms. The van der Waals surface area contributed by atoms with E-state index in [0.717, 1.165) is 11.5 Å². The van der Waals surface area contributed by atoms with E-state index in [2.05, 4.69) is 20.0 Å². The number of nitrogens with zero attached hydrogens (tertiary/aromatic N) is 5. The molecule has 0 aliphatic rings. The second kappa shape index (κ2) is 4.31. The van der Waals surface area contributed by atoms with Crippen molar-refractivity contribution in [2.75, 3.05) is 5.32 Å². The maximum absolute atomic E-state index is 11.9. The number of carbonyl (C=O) groups excluding carboxylic acids is 1. The molecular formula is C9H8N6OS. The van der Waals surface area contributed by atoms with E-state index in [1.165, 1.54) is 10.9 Å². The smallest absolute Gasteiger partial charge is 0.270 e. The topological polar surface area (TPSA) is 96.5 Å². The summed E-state index contributed by atoms with van der Waals surface area (Å²) in [6.45, 7) is 1.70. The second-order valence-electron chi connectivity index (χ2n) is 3.28. The lowest BCUT2D eigenvalue weighted by Gasteiger charge is -2.04. The van der Waals surface area contributed by atoms with Gasteiger partial charge in [0.05, 0.1) is 11.9 Å². The molecule has 0 fully saturated rings. The first kappa shape index (κ1) is 11.2. The van der Waals surface area contributed by atoms with Gasteiger partial charge < -0.3 is 5.32 Å². The van der Waals surface area contributed by atoms with E-state index in [4.69, 9.17) is 5.26 Å². The summed E-state index contributed by atoms with van der Waals surface area (Å²) < 4.78 is 5.11. The summed E-state index contributed by atoms with van der Waals surface area (Å²) in [6, 6.07) is 1.96. The monoisotopic (exact) mass is 248 g/mol. The Labute approximate surface area is 101 Å². The third-order valence-corrected chi connectivity index (χ3v) is 2.98. The predicted octanol–water partition coefficient (Wildman–Crippen LogP) is 0.704. The molecule has 0 saturated heterocycles. The standard InChI is InChI=1S/C9H8N6OS/c1-5-7(17-14-13-5)9(16)12-8-6(3-10)4-11-15(8)2/h4H,1-2H3,(H,12,16). The molecular weight excluding hydrogens is 240 g/mol. The Balaban J connectivity index is 2.28. The fourth-order valence-corrected chi connectivity index (χ4v) is 1.82. The molecule has 0 aliphatic heterocycles. The zero-order valence-corrected chi connectivity index (χ0v) is 9.95. The summed E-state index contributed by atoms with van der Waals surface area (Å²) in [5.41, 5.74) is 0.879. The number of nitriles is 1. The van der Waals surface area contributed by atoms with E-state index in [9.17, 15) is 4.79 Å². The number of anilines is 1. The molecule has 2 heterocycles. The van der Waals surface area contributed by atoms with Gasteiger partial charge >= 0.3 is 0 Å². The lowest BCUT2D eigenvalue weighted by molar-refractivity contribution is 0.102. The maximum atomic E-state index is 11.9. The molecule has 1 amide bonds. The van der Waals surface area contributed by atoms with Crippen LogP contribution in [0.4, 0.5) is 5.82 Å². The number of hydrogen-bond donors (Lipinski definition) is 1. The largest absolute Gasteiger partial charge is 0.305 e. The van der Waals surface area contributed by atoms with Crippen molar-refractivity contribution in [2.24, 2.45) is 7.05 Å². The van der Waals surface area contributed by atoms with Gasteiger partial charge in [0.15, 0.2) is 0 Å². The molecule has 0 saturated carbocycles. The van der Waals surface area contributed by atoms with Crippen molar-refractivity contribution in [1.29, 1.82) is 5.26 Å².